The van der Waals surface area contributed by atoms with Gasteiger partial charge in [-0.05, 0) is 67.3 Å². The molecule has 6 nitrogen and oxygen atoms in total. The Bertz CT molecular complexity index is 1420. The fourth-order valence-corrected chi connectivity index (χ4v) is 5.34. The highest BCUT2D eigenvalue weighted by molar-refractivity contribution is 5.95. The number of carbonyl (C=O) groups is 1. The van der Waals surface area contributed by atoms with E-state index < -0.39 is 17.6 Å². The van der Waals surface area contributed by atoms with Crippen molar-refractivity contribution in [3.8, 4) is 5.75 Å². The van der Waals surface area contributed by atoms with Crippen LogP contribution in [0.25, 0.3) is 10.9 Å². The molecule has 0 aliphatic carbocycles. The highest BCUT2D eigenvalue weighted by atomic mass is 19.4. The molecule has 1 atom stereocenters. The fraction of sp³-hybridized carbons (Fsp3) is 0.333. The molecule has 1 amide bonds. The van der Waals surface area contributed by atoms with Crippen molar-refractivity contribution >= 4 is 16.8 Å². The second kappa shape index (κ2) is 11.5. The van der Waals surface area contributed by atoms with Gasteiger partial charge in [0.1, 0.15) is 5.75 Å². The van der Waals surface area contributed by atoms with Crippen molar-refractivity contribution in [2.75, 3.05) is 33.3 Å². The normalized spacial score (nSPS) is 16.5. The molecule has 1 fully saturated rings. The summed E-state index contributed by atoms with van der Waals surface area (Å²) in [4.78, 5) is 25.3. The SMILES string of the molecule is COc1cc(C(=O)N2CCN(CCCc3cccnc3)C[C@H]2Cc2c[nH]c3ccccc23)cc(C(F)(F)F)c1. The average Bonchev–Trinajstić information content (AvgIpc) is 3.35. The van der Waals surface area contributed by atoms with Gasteiger partial charge in [-0.3, -0.25) is 14.7 Å². The number of pyridine rings is 1. The van der Waals surface area contributed by atoms with E-state index in [2.05, 4.69) is 20.9 Å². The van der Waals surface area contributed by atoms with E-state index in [1.54, 1.807) is 11.1 Å². The maximum atomic E-state index is 13.7. The summed E-state index contributed by atoms with van der Waals surface area (Å²) in [5, 5.41) is 1.08. The minimum atomic E-state index is -4.58. The van der Waals surface area contributed by atoms with Gasteiger partial charge in [-0.2, -0.15) is 13.2 Å². The third-order valence-electron chi connectivity index (χ3n) is 7.34. The summed E-state index contributed by atoms with van der Waals surface area (Å²) < 4.78 is 45.8. The Balaban J connectivity index is 1.38. The van der Waals surface area contributed by atoms with Gasteiger partial charge in [-0.15, -0.1) is 0 Å². The lowest BCUT2D eigenvalue weighted by molar-refractivity contribution is -0.137. The quantitative estimate of drug-likeness (QED) is 0.319. The number of aryl methyl sites for hydroxylation is 1. The van der Waals surface area contributed by atoms with Crippen LogP contribution in [0.15, 0.2) is 73.2 Å². The van der Waals surface area contributed by atoms with Gasteiger partial charge in [-0.1, -0.05) is 24.3 Å². The van der Waals surface area contributed by atoms with Gasteiger partial charge < -0.3 is 14.6 Å². The molecule has 204 valence electrons. The van der Waals surface area contributed by atoms with Gasteiger partial charge in [0.15, 0.2) is 0 Å². The number of para-hydroxylation sites is 1. The number of nitrogens with zero attached hydrogens (tertiary/aromatic N) is 3. The second-order valence-corrected chi connectivity index (χ2v) is 9.93. The van der Waals surface area contributed by atoms with Crippen LogP contribution in [0.2, 0.25) is 0 Å². The molecule has 0 bridgehead atoms. The molecule has 1 saturated heterocycles. The molecule has 1 aliphatic heterocycles. The van der Waals surface area contributed by atoms with Crippen LogP contribution in [-0.2, 0) is 19.0 Å². The molecule has 0 radical (unpaired) electrons. The molecular formula is C30H31F3N4O2. The van der Waals surface area contributed by atoms with Crippen LogP contribution in [-0.4, -0.2) is 65.0 Å². The number of fused-ring (bicyclic) bond motifs is 1. The number of amides is 1. The molecule has 1 aliphatic rings. The number of hydrogen-bond acceptors (Lipinski definition) is 4. The number of aromatic amines is 1. The van der Waals surface area contributed by atoms with Crippen LogP contribution < -0.4 is 4.74 Å². The van der Waals surface area contributed by atoms with E-state index in [9.17, 15) is 18.0 Å². The molecule has 0 saturated carbocycles. The van der Waals surface area contributed by atoms with Crippen molar-refractivity contribution in [3.05, 3.63) is 95.4 Å². The number of piperazine rings is 1. The summed E-state index contributed by atoms with van der Waals surface area (Å²) in [6.45, 7) is 2.57. The van der Waals surface area contributed by atoms with Gasteiger partial charge in [0, 0.05) is 60.7 Å². The van der Waals surface area contributed by atoms with Crippen LogP contribution in [0.1, 0.15) is 33.5 Å². The maximum absolute atomic E-state index is 13.7. The zero-order valence-electron chi connectivity index (χ0n) is 21.7. The van der Waals surface area contributed by atoms with E-state index in [1.165, 1.54) is 18.7 Å². The predicted octanol–water partition coefficient (Wildman–Crippen LogP) is 5.59. The lowest BCUT2D eigenvalue weighted by Gasteiger charge is -2.42. The first-order valence-corrected chi connectivity index (χ1v) is 13.1. The summed E-state index contributed by atoms with van der Waals surface area (Å²) in [5.74, 6) is -0.408. The van der Waals surface area contributed by atoms with Crippen LogP contribution in [0, 0.1) is 0 Å². The van der Waals surface area contributed by atoms with Crippen LogP contribution in [0.5, 0.6) is 5.75 Å². The van der Waals surface area contributed by atoms with Crippen molar-refractivity contribution in [1.82, 2.24) is 19.8 Å². The van der Waals surface area contributed by atoms with E-state index in [0.717, 1.165) is 48.0 Å². The Morgan fingerprint density at radius 3 is 2.74 bits per heavy atom. The van der Waals surface area contributed by atoms with Gasteiger partial charge >= 0.3 is 6.18 Å². The standard InChI is InChI=1S/C30H31F3N4O2/c1-39-26-16-22(14-24(17-26)30(31,32)33)29(38)37-13-12-36(11-5-7-21-6-4-10-34-18-21)20-25(37)15-23-19-35-28-9-3-2-8-27(23)28/h2-4,6,8-10,14,16-19,25,35H,5,7,11-13,15,20H2,1H3/t25-/m1/s1. The van der Waals surface area contributed by atoms with Crippen molar-refractivity contribution in [3.63, 3.8) is 0 Å². The maximum Gasteiger partial charge on any atom is 0.416 e. The predicted molar refractivity (Wildman–Crippen MR) is 144 cm³/mol. The first-order chi connectivity index (χ1) is 18.8. The molecule has 9 heteroatoms. The van der Waals surface area contributed by atoms with Gasteiger partial charge in [0.25, 0.3) is 5.91 Å². The molecule has 5 rings (SSSR count). The number of nitrogens with one attached hydrogen (secondary N) is 1. The van der Waals surface area contributed by atoms with Crippen LogP contribution in [0.4, 0.5) is 13.2 Å². The summed E-state index contributed by atoms with van der Waals surface area (Å²) in [6.07, 6.45) is 3.45. The Kier molecular flexibility index (Phi) is 7.88. The van der Waals surface area contributed by atoms with E-state index >= 15 is 0 Å². The van der Waals surface area contributed by atoms with Gasteiger partial charge in [0.2, 0.25) is 0 Å². The van der Waals surface area contributed by atoms with E-state index in [-0.39, 0.29) is 17.4 Å². The highest BCUT2D eigenvalue weighted by Gasteiger charge is 2.35. The van der Waals surface area contributed by atoms with Crippen LogP contribution >= 0.6 is 0 Å². The number of benzene rings is 2. The largest absolute Gasteiger partial charge is 0.497 e. The first-order valence-electron chi connectivity index (χ1n) is 13.1. The average molecular weight is 537 g/mol. The molecular weight excluding hydrogens is 505 g/mol. The molecule has 2 aromatic heterocycles. The number of carbonyl (C=O) groups excluding carboxylic acids is 1. The topological polar surface area (TPSA) is 61.5 Å². The summed E-state index contributed by atoms with van der Waals surface area (Å²) in [6, 6.07) is 15.0. The Morgan fingerprint density at radius 1 is 1.13 bits per heavy atom. The monoisotopic (exact) mass is 536 g/mol. The van der Waals surface area contributed by atoms with Crippen molar-refractivity contribution < 1.29 is 22.7 Å². The molecule has 2 aromatic carbocycles. The minimum Gasteiger partial charge on any atom is -0.497 e. The molecule has 0 unspecified atom stereocenters. The lowest BCUT2D eigenvalue weighted by atomic mass is 9.99. The van der Waals surface area contributed by atoms with Crippen LogP contribution in [0.3, 0.4) is 0 Å². The Hall–Kier alpha value is -3.85. The Labute approximate surface area is 225 Å². The third-order valence-corrected chi connectivity index (χ3v) is 7.34. The number of rotatable bonds is 8. The molecule has 0 spiro atoms. The van der Waals surface area contributed by atoms with Crippen molar-refractivity contribution in [2.24, 2.45) is 0 Å². The minimum absolute atomic E-state index is 0.00962. The smallest absolute Gasteiger partial charge is 0.416 e. The number of halogens is 3. The van der Waals surface area contributed by atoms with Gasteiger partial charge in [0.05, 0.1) is 12.7 Å². The number of methoxy groups -OCH3 is 1. The zero-order chi connectivity index (χ0) is 27.4. The van der Waals surface area contributed by atoms with E-state index in [4.69, 9.17) is 4.74 Å². The lowest BCUT2D eigenvalue weighted by Crippen LogP contribution is -2.56. The number of hydrogen-bond donors (Lipinski definition) is 1. The molecule has 3 heterocycles. The Morgan fingerprint density at radius 2 is 1.97 bits per heavy atom. The van der Waals surface area contributed by atoms with E-state index in [0.29, 0.717) is 26.1 Å². The zero-order valence-corrected chi connectivity index (χ0v) is 21.7. The first kappa shape index (κ1) is 26.7. The summed E-state index contributed by atoms with van der Waals surface area (Å²) in [7, 11) is 1.30. The fourth-order valence-electron chi connectivity index (χ4n) is 5.34. The van der Waals surface area contributed by atoms with Crippen molar-refractivity contribution in [1.29, 1.82) is 0 Å². The van der Waals surface area contributed by atoms with Crippen molar-refractivity contribution in [2.45, 2.75) is 31.5 Å². The highest BCUT2D eigenvalue weighted by Crippen LogP contribution is 2.33. The van der Waals surface area contributed by atoms with E-state index in [1.807, 2.05) is 42.7 Å². The third kappa shape index (κ3) is 6.25. The summed E-state index contributed by atoms with van der Waals surface area (Å²) >= 11 is 0. The molecule has 39 heavy (non-hydrogen) atoms. The molecule has 4 aromatic rings. The second-order valence-electron chi connectivity index (χ2n) is 9.93. The van der Waals surface area contributed by atoms with Gasteiger partial charge in [-0.25, -0.2) is 0 Å². The number of H-pyrrole nitrogens is 1. The number of alkyl halides is 3. The molecule has 1 N–H and O–H groups in total. The summed E-state index contributed by atoms with van der Waals surface area (Å²) in [5.41, 5.74) is 2.35. The number of ether oxygens (including phenoxy) is 1. The number of aromatic nitrogens is 2.